The summed E-state index contributed by atoms with van der Waals surface area (Å²) in [6.07, 6.45) is 7.30. The fourth-order valence-corrected chi connectivity index (χ4v) is 3.52. The Morgan fingerprint density at radius 1 is 1.08 bits per heavy atom. The molecule has 1 aliphatic heterocycles. The average Bonchev–Trinajstić information content (AvgIpc) is 2.77. The van der Waals surface area contributed by atoms with Crippen LogP contribution in [0.15, 0.2) is 30.6 Å². The lowest BCUT2D eigenvalue weighted by Crippen LogP contribution is -2.41. The molecule has 2 heterocycles. The summed E-state index contributed by atoms with van der Waals surface area (Å²) in [6.45, 7) is 2.23. The summed E-state index contributed by atoms with van der Waals surface area (Å²) < 4.78 is 10.2. The van der Waals surface area contributed by atoms with Gasteiger partial charge in [0.05, 0.1) is 12.4 Å². The summed E-state index contributed by atoms with van der Waals surface area (Å²) in [6, 6.07) is 6.93. The van der Waals surface area contributed by atoms with Gasteiger partial charge in [0.2, 0.25) is 11.8 Å². The molecule has 0 unspecified atom stereocenters. The molecular formula is C19H21N3O4. The van der Waals surface area contributed by atoms with Crippen LogP contribution in [-0.2, 0) is 12.8 Å². The largest absolute Gasteiger partial charge is 0.512 e. The molecule has 136 valence electrons. The van der Waals surface area contributed by atoms with E-state index in [1.54, 1.807) is 0 Å². The Morgan fingerprint density at radius 2 is 1.81 bits per heavy atom. The van der Waals surface area contributed by atoms with Crippen molar-refractivity contribution in [3.8, 4) is 17.5 Å². The van der Waals surface area contributed by atoms with Gasteiger partial charge in [0.1, 0.15) is 5.75 Å². The Labute approximate surface area is 151 Å². The number of hydrogen-bond donors (Lipinski definition) is 1. The van der Waals surface area contributed by atoms with E-state index in [1.165, 1.54) is 42.8 Å². The Hall–Kier alpha value is -2.67. The Kier molecular flexibility index (Phi) is 4.71. The number of rotatable bonds is 4. The van der Waals surface area contributed by atoms with E-state index in [9.17, 15) is 4.79 Å². The number of benzene rings is 1. The number of hydrogen-bond acceptors (Lipinski definition) is 6. The number of fused-ring (bicyclic) bond motifs is 1. The predicted octanol–water partition coefficient (Wildman–Crippen LogP) is 3.28. The molecule has 0 atom stereocenters. The van der Waals surface area contributed by atoms with Gasteiger partial charge in [-0.25, -0.2) is 14.8 Å². The van der Waals surface area contributed by atoms with Gasteiger partial charge in [-0.3, -0.25) is 4.90 Å². The zero-order valence-corrected chi connectivity index (χ0v) is 14.4. The maximum Gasteiger partial charge on any atom is 0.512 e. The van der Waals surface area contributed by atoms with Crippen LogP contribution in [0.25, 0.3) is 0 Å². The number of ether oxygens (including phenoxy) is 2. The van der Waals surface area contributed by atoms with Gasteiger partial charge >= 0.3 is 6.16 Å². The molecule has 7 nitrogen and oxygen atoms in total. The lowest BCUT2D eigenvalue weighted by atomic mass is 9.91. The third kappa shape index (κ3) is 3.77. The van der Waals surface area contributed by atoms with E-state index in [-0.39, 0.29) is 5.88 Å². The van der Waals surface area contributed by atoms with Gasteiger partial charge in [-0.1, -0.05) is 12.5 Å². The molecule has 1 saturated carbocycles. The summed E-state index contributed by atoms with van der Waals surface area (Å²) in [5.41, 5.74) is 2.71. The minimum absolute atomic E-state index is 0.0807. The molecule has 0 radical (unpaired) electrons. The second-order valence-corrected chi connectivity index (χ2v) is 6.71. The van der Waals surface area contributed by atoms with Crippen molar-refractivity contribution in [2.45, 2.75) is 38.1 Å². The van der Waals surface area contributed by atoms with Crippen molar-refractivity contribution in [1.29, 1.82) is 0 Å². The fourth-order valence-electron chi connectivity index (χ4n) is 3.52. The van der Waals surface area contributed by atoms with Crippen molar-refractivity contribution in [2.75, 3.05) is 13.1 Å². The van der Waals surface area contributed by atoms with Crippen LogP contribution in [0.3, 0.4) is 0 Å². The highest BCUT2D eigenvalue weighted by Crippen LogP contribution is 2.29. The molecule has 2 aliphatic rings. The third-order valence-corrected chi connectivity index (χ3v) is 5.12. The van der Waals surface area contributed by atoms with Gasteiger partial charge in [-0.15, -0.1) is 0 Å². The van der Waals surface area contributed by atoms with Gasteiger partial charge in [-0.2, -0.15) is 0 Å². The molecule has 0 saturated heterocycles. The van der Waals surface area contributed by atoms with E-state index >= 15 is 0 Å². The molecule has 0 bridgehead atoms. The molecule has 1 aromatic carbocycles. The summed E-state index contributed by atoms with van der Waals surface area (Å²) >= 11 is 0. The first-order valence-electron chi connectivity index (χ1n) is 8.94. The van der Waals surface area contributed by atoms with E-state index in [0.29, 0.717) is 11.6 Å². The highest BCUT2D eigenvalue weighted by molar-refractivity contribution is 5.60. The van der Waals surface area contributed by atoms with Crippen molar-refractivity contribution < 1.29 is 19.4 Å². The van der Waals surface area contributed by atoms with Gasteiger partial charge < -0.3 is 14.6 Å². The standard InChI is InChI=1S/C19H21N3O4/c23-19(24)26-18-12-20-17(11-21-18)25-16-5-4-13-6-8-22(15-2-1-3-15)9-7-14(13)10-16/h4-5,10-12,15H,1-3,6-9H2,(H,23,24). The molecular weight excluding hydrogens is 334 g/mol. The van der Waals surface area contributed by atoms with Crippen molar-refractivity contribution in [2.24, 2.45) is 0 Å². The number of carboxylic acid groups (broad SMARTS) is 1. The van der Waals surface area contributed by atoms with Crippen LogP contribution < -0.4 is 9.47 Å². The Balaban J connectivity index is 1.42. The van der Waals surface area contributed by atoms with E-state index in [1.807, 2.05) is 6.07 Å². The normalized spacial score (nSPS) is 17.7. The predicted molar refractivity (Wildman–Crippen MR) is 93.8 cm³/mol. The first-order chi connectivity index (χ1) is 12.7. The maximum absolute atomic E-state index is 10.5. The lowest BCUT2D eigenvalue weighted by molar-refractivity contribution is 0.133. The van der Waals surface area contributed by atoms with E-state index in [2.05, 4.69) is 31.7 Å². The smallest absolute Gasteiger partial charge is 0.449 e. The van der Waals surface area contributed by atoms with Crippen LogP contribution in [-0.4, -0.2) is 45.3 Å². The molecule has 7 heteroatoms. The Morgan fingerprint density at radius 3 is 2.46 bits per heavy atom. The monoisotopic (exact) mass is 355 g/mol. The first-order valence-corrected chi connectivity index (χ1v) is 8.94. The molecule has 1 aliphatic carbocycles. The highest BCUT2D eigenvalue weighted by Gasteiger charge is 2.26. The van der Waals surface area contributed by atoms with Crippen molar-refractivity contribution >= 4 is 6.16 Å². The molecule has 4 rings (SSSR count). The van der Waals surface area contributed by atoms with Crippen LogP contribution in [0.2, 0.25) is 0 Å². The molecule has 1 N–H and O–H groups in total. The van der Waals surface area contributed by atoms with Crippen LogP contribution in [0.1, 0.15) is 30.4 Å². The minimum atomic E-state index is -1.42. The molecule has 0 spiro atoms. The van der Waals surface area contributed by atoms with Crippen molar-refractivity contribution in [3.63, 3.8) is 0 Å². The number of aromatic nitrogens is 2. The van der Waals surface area contributed by atoms with Gasteiger partial charge in [-0.05, 0) is 48.9 Å². The quantitative estimate of drug-likeness (QED) is 0.843. The Bertz CT molecular complexity index is 790. The van der Waals surface area contributed by atoms with Gasteiger partial charge in [0.15, 0.2) is 0 Å². The highest BCUT2D eigenvalue weighted by atomic mass is 16.7. The fraction of sp³-hybridized carbons (Fsp3) is 0.421. The van der Waals surface area contributed by atoms with Gasteiger partial charge in [0.25, 0.3) is 0 Å². The summed E-state index contributed by atoms with van der Waals surface area (Å²) in [5, 5.41) is 8.55. The first kappa shape index (κ1) is 16.8. The maximum atomic E-state index is 10.5. The molecule has 0 amide bonds. The minimum Gasteiger partial charge on any atom is -0.449 e. The van der Waals surface area contributed by atoms with Crippen LogP contribution in [0.4, 0.5) is 4.79 Å². The van der Waals surface area contributed by atoms with E-state index in [0.717, 1.165) is 32.0 Å². The van der Waals surface area contributed by atoms with Crippen LogP contribution in [0.5, 0.6) is 17.5 Å². The van der Waals surface area contributed by atoms with Crippen LogP contribution in [0, 0.1) is 0 Å². The SMILES string of the molecule is O=C(O)Oc1cnc(Oc2ccc3c(c2)CCN(C2CCC2)CC3)cn1. The zero-order valence-electron chi connectivity index (χ0n) is 14.4. The molecule has 1 fully saturated rings. The third-order valence-electron chi connectivity index (χ3n) is 5.12. The van der Waals surface area contributed by atoms with E-state index < -0.39 is 6.16 Å². The molecule has 2 aromatic rings. The number of nitrogens with zero attached hydrogens (tertiary/aromatic N) is 3. The van der Waals surface area contributed by atoms with Crippen LogP contribution >= 0.6 is 0 Å². The van der Waals surface area contributed by atoms with Crippen molar-refractivity contribution in [3.05, 3.63) is 41.7 Å². The van der Waals surface area contributed by atoms with Crippen molar-refractivity contribution in [1.82, 2.24) is 14.9 Å². The second kappa shape index (κ2) is 7.29. The molecule has 26 heavy (non-hydrogen) atoms. The molecule has 1 aromatic heterocycles. The zero-order chi connectivity index (χ0) is 17.9. The van der Waals surface area contributed by atoms with Gasteiger partial charge in [0, 0.05) is 19.1 Å². The average molecular weight is 355 g/mol. The summed E-state index contributed by atoms with van der Waals surface area (Å²) in [7, 11) is 0. The summed E-state index contributed by atoms with van der Waals surface area (Å²) in [5.74, 6) is 0.928. The van der Waals surface area contributed by atoms with E-state index in [4.69, 9.17) is 9.84 Å². The topological polar surface area (TPSA) is 84.8 Å². The second-order valence-electron chi connectivity index (χ2n) is 6.71. The number of carbonyl (C=O) groups is 1. The lowest BCUT2D eigenvalue weighted by Gasteiger charge is -2.36. The summed E-state index contributed by atoms with van der Waals surface area (Å²) in [4.78, 5) is 21.0.